The van der Waals surface area contributed by atoms with Crippen molar-refractivity contribution in [3.8, 4) is 0 Å². The van der Waals surface area contributed by atoms with Crippen LogP contribution < -0.4 is 5.73 Å². The van der Waals surface area contributed by atoms with Crippen molar-refractivity contribution in [2.24, 2.45) is 23.0 Å². The van der Waals surface area contributed by atoms with Gasteiger partial charge in [0.25, 0.3) is 6.48 Å². The van der Waals surface area contributed by atoms with E-state index < -0.39 is 6.48 Å². The Kier molecular flexibility index (Phi) is 2.54. The van der Waals surface area contributed by atoms with Crippen molar-refractivity contribution in [1.29, 1.82) is 0 Å². The summed E-state index contributed by atoms with van der Waals surface area (Å²) >= 11 is 0. The first-order valence-electron chi connectivity index (χ1n) is 7.41. The van der Waals surface area contributed by atoms with Crippen molar-refractivity contribution in [1.82, 2.24) is 0 Å². The van der Waals surface area contributed by atoms with Crippen molar-refractivity contribution < 1.29 is 14.2 Å². The molecular formula is C14H23NO3. The molecule has 2 bridgehead atoms. The molecule has 3 aliphatic carbocycles. The predicted octanol–water partition coefficient (Wildman–Crippen LogP) is 1.63. The highest BCUT2D eigenvalue weighted by atomic mass is 16.9. The smallest absolute Gasteiger partial charge is 0.272 e. The summed E-state index contributed by atoms with van der Waals surface area (Å²) in [4.78, 5) is 0. The lowest BCUT2D eigenvalue weighted by atomic mass is 9.69. The maximum atomic E-state index is 6.51. The summed E-state index contributed by atoms with van der Waals surface area (Å²) in [5.41, 5.74) is 6.83. The highest BCUT2D eigenvalue weighted by Gasteiger charge is 2.63. The Bertz CT molecular complexity index is 330. The molecule has 4 nitrogen and oxygen atoms in total. The first-order chi connectivity index (χ1) is 8.73. The summed E-state index contributed by atoms with van der Waals surface area (Å²) in [5.74, 6) is 1.58. The van der Waals surface area contributed by atoms with Gasteiger partial charge < -0.3 is 19.9 Å². The quantitative estimate of drug-likeness (QED) is 0.812. The van der Waals surface area contributed by atoms with Crippen LogP contribution in [0.2, 0.25) is 0 Å². The van der Waals surface area contributed by atoms with E-state index in [2.05, 4.69) is 0 Å². The van der Waals surface area contributed by atoms with E-state index in [9.17, 15) is 0 Å². The monoisotopic (exact) mass is 253 g/mol. The lowest BCUT2D eigenvalue weighted by Crippen LogP contribution is -2.45. The van der Waals surface area contributed by atoms with E-state index in [0.717, 1.165) is 24.7 Å². The molecule has 7 atom stereocenters. The number of fused-ring (bicyclic) bond motifs is 4. The Labute approximate surface area is 108 Å². The van der Waals surface area contributed by atoms with Crippen LogP contribution in [0.25, 0.3) is 0 Å². The SMILES string of the molecule is CCO[C@H]1OC2C[C@@]3(C[C@H]2O1)[C@H]1CC[C@H](C1)[C@@H]3N. The average Bonchev–Trinajstić information content (AvgIpc) is 3.02. The van der Waals surface area contributed by atoms with Gasteiger partial charge >= 0.3 is 0 Å². The summed E-state index contributed by atoms with van der Waals surface area (Å²) in [6.45, 7) is 2.17. The third kappa shape index (κ3) is 1.40. The van der Waals surface area contributed by atoms with Crippen molar-refractivity contribution in [3.05, 3.63) is 0 Å². The summed E-state index contributed by atoms with van der Waals surface area (Å²) in [7, 11) is 0. The molecule has 1 saturated heterocycles. The van der Waals surface area contributed by atoms with Crippen molar-refractivity contribution >= 4 is 0 Å². The van der Waals surface area contributed by atoms with Gasteiger partial charge in [-0.2, -0.15) is 0 Å². The Hall–Kier alpha value is -0.160. The first-order valence-corrected chi connectivity index (χ1v) is 7.41. The largest absolute Gasteiger partial charge is 0.330 e. The zero-order chi connectivity index (χ0) is 12.3. The molecule has 1 unspecified atom stereocenters. The molecule has 4 fully saturated rings. The second-order valence-electron chi connectivity index (χ2n) is 6.53. The van der Waals surface area contributed by atoms with E-state index >= 15 is 0 Å². The van der Waals surface area contributed by atoms with Crippen LogP contribution in [0.15, 0.2) is 0 Å². The molecule has 4 rings (SSSR count). The molecule has 2 N–H and O–H groups in total. The molecule has 0 aromatic carbocycles. The third-order valence-corrected chi connectivity index (χ3v) is 5.91. The second kappa shape index (κ2) is 3.92. The van der Waals surface area contributed by atoms with E-state index in [-0.39, 0.29) is 12.2 Å². The number of rotatable bonds is 2. The van der Waals surface area contributed by atoms with E-state index in [4.69, 9.17) is 19.9 Å². The van der Waals surface area contributed by atoms with Crippen LogP contribution >= 0.6 is 0 Å². The molecule has 4 aliphatic rings. The fraction of sp³-hybridized carbons (Fsp3) is 1.00. The van der Waals surface area contributed by atoms with Gasteiger partial charge in [0.2, 0.25) is 0 Å². The van der Waals surface area contributed by atoms with Crippen LogP contribution in [0.3, 0.4) is 0 Å². The molecule has 18 heavy (non-hydrogen) atoms. The average molecular weight is 253 g/mol. The van der Waals surface area contributed by atoms with Gasteiger partial charge in [-0.15, -0.1) is 0 Å². The fourth-order valence-electron chi connectivity index (χ4n) is 5.11. The lowest BCUT2D eigenvalue weighted by molar-refractivity contribution is -0.247. The Morgan fingerprint density at radius 3 is 2.50 bits per heavy atom. The zero-order valence-electron chi connectivity index (χ0n) is 11.0. The van der Waals surface area contributed by atoms with Crippen LogP contribution in [-0.4, -0.2) is 31.3 Å². The van der Waals surface area contributed by atoms with Crippen molar-refractivity contribution in [2.45, 2.75) is 63.8 Å². The molecule has 102 valence electrons. The predicted molar refractivity (Wildman–Crippen MR) is 65.6 cm³/mol. The summed E-state index contributed by atoms with van der Waals surface area (Å²) in [5, 5.41) is 0. The van der Waals surface area contributed by atoms with E-state index in [0.29, 0.717) is 18.1 Å². The van der Waals surface area contributed by atoms with Crippen LogP contribution in [0, 0.1) is 17.3 Å². The minimum Gasteiger partial charge on any atom is -0.330 e. The van der Waals surface area contributed by atoms with Crippen LogP contribution in [-0.2, 0) is 14.2 Å². The molecule has 1 heterocycles. The van der Waals surface area contributed by atoms with Crippen molar-refractivity contribution in [3.63, 3.8) is 0 Å². The van der Waals surface area contributed by atoms with Gasteiger partial charge in [0.05, 0.1) is 12.2 Å². The Balaban J connectivity index is 1.50. The summed E-state index contributed by atoms with van der Waals surface area (Å²) < 4.78 is 17.1. The maximum Gasteiger partial charge on any atom is 0.272 e. The number of hydrogen-bond donors (Lipinski definition) is 1. The van der Waals surface area contributed by atoms with Gasteiger partial charge in [-0.25, -0.2) is 0 Å². The van der Waals surface area contributed by atoms with Gasteiger partial charge in [0, 0.05) is 12.6 Å². The number of hydrogen-bond acceptors (Lipinski definition) is 4. The van der Waals surface area contributed by atoms with Gasteiger partial charge in [0.15, 0.2) is 0 Å². The molecule has 3 saturated carbocycles. The fourth-order valence-corrected chi connectivity index (χ4v) is 5.11. The molecule has 4 heteroatoms. The topological polar surface area (TPSA) is 53.7 Å². The van der Waals surface area contributed by atoms with E-state index in [1.165, 1.54) is 19.3 Å². The maximum absolute atomic E-state index is 6.51. The van der Waals surface area contributed by atoms with Crippen molar-refractivity contribution in [2.75, 3.05) is 6.61 Å². The summed E-state index contributed by atoms with van der Waals surface area (Å²) in [6.07, 6.45) is 6.65. The van der Waals surface area contributed by atoms with Gasteiger partial charge in [0.1, 0.15) is 0 Å². The molecule has 1 aliphatic heterocycles. The Morgan fingerprint density at radius 1 is 1.22 bits per heavy atom. The normalized spacial score (nSPS) is 57.7. The number of ether oxygens (including phenoxy) is 3. The standard InChI is InChI=1S/C14H23NO3/c1-2-16-13-17-10-6-14(7-11(10)18-13)9-4-3-8(5-9)12(14)15/h8-13H,2-7,15H2,1H3/t8-,9+,10-,11?,12+,13-,14+/m1/s1. The van der Waals surface area contributed by atoms with Crippen LogP contribution in [0.4, 0.5) is 0 Å². The zero-order valence-corrected chi connectivity index (χ0v) is 11.0. The molecule has 0 aromatic rings. The Morgan fingerprint density at radius 2 is 1.94 bits per heavy atom. The van der Waals surface area contributed by atoms with Gasteiger partial charge in [-0.05, 0) is 56.3 Å². The molecule has 0 radical (unpaired) electrons. The first kappa shape index (κ1) is 11.6. The highest BCUT2D eigenvalue weighted by Crippen LogP contribution is 2.63. The lowest BCUT2D eigenvalue weighted by Gasteiger charge is -2.40. The molecule has 0 aromatic heterocycles. The van der Waals surface area contributed by atoms with E-state index in [1.54, 1.807) is 0 Å². The van der Waals surface area contributed by atoms with Gasteiger partial charge in [-0.1, -0.05) is 0 Å². The molecular weight excluding hydrogens is 230 g/mol. The minimum atomic E-state index is -0.433. The van der Waals surface area contributed by atoms with Gasteiger partial charge in [-0.3, -0.25) is 0 Å². The minimum absolute atomic E-state index is 0.215. The highest BCUT2D eigenvalue weighted by molar-refractivity contribution is 5.14. The third-order valence-electron chi connectivity index (χ3n) is 5.91. The van der Waals surface area contributed by atoms with Crippen LogP contribution in [0.5, 0.6) is 0 Å². The second-order valence-corrected chi connectivity index (χ2v) is 6.53. The number of nitrogens with two attached hydrogens (primary N) is 1. The summed E-state index contributed by atoms with van der Waals surface area (Å²) in [6, 6.07) is 0.375. The van der Waals surface area contributed by atoms with Crippen LogP contribution in [0.1, 0.15) is 39.0 Å². The molecule has 0 amide bonds. The van der Waals surface area contributed by atoms with E-state index in [1.807, 2.05) is 6.92 Å². The molecule has 1 spiro atoms.